The van der Waals surface area contributed by atoms with Crippen LogP contribution in [0.25, 0.3) is 0 Å². The Bertz CT molecular complexity index is 729. The van der Waals surface area contributed by atoms with E-state index in [4.69, 9.17) is 11.6 Å². The van der Waals surface area contributed by atoms with Gasteiger partial charge in [0.15, 0.2) is 4.90 Å². The molecule has 98 valence electrons. The molecule has 7 heteroatoms. The van der Waals surface area contributed by atoms with E-state index in [1.54, 1.807) is 18.2 Å². The van der Waals surface area contributed by atoms with Gasteiger partial charge in [0.25, 0.3) is 5.69 Å². The minimum absolute atomic E-state index is 0.0135. The van der Waals surface area contributed by atoms with Crippen molar-refractivity contribution in [3.05, 3.63) is 63.7 Å². The van der Waals surface area contributed by atoms with E-state index < -0.39 is 25.3 Å². The second kappa shape index (κ2) is 4.99. The lowest BCUT2D eigenvalue weighted by atomic mass is 10.3. The highest BCUT2D eigenvalue weighted by atomic mass is 35.5. The van der Waals surface area contributed by atoms with E-state index in [1.807, 2.05) is 0 Å². The maximum atomic E-state index is 12.3. The van der Waals surface area contributed by atoms with Crippen LogP contribution in [0.3, 0.4) is 0 Å². The lowest BCUT2D eigenvalue weighted by molar-refractivity contribution is -0.387. The van der Waals surface area contributed by atoms with Crippen LogP contribution >= 0.6 is 11.6 Å². The normalized spacial score (nSPS) is 11.2. The molecule has 0 aliphatic carbocycles. The molecule has 0 unspecified atom stereocenters. The van der Waals surface area contributed by atoms with Gasteiger partial charge in [-0.05, 0) is 24.3 Å². The molecule has 2 aromatic carbocycles. The molecule has 0 aromatic heterocycles. The molecule has 0 amide bonds. The summed E-state index contributed by atoms with van der Waals surface area (Å²) in [6.07, 6.45) is 0. The summed E-state index contributed by atoms with van der Waals surface area (Å²) in [6.45, 7) is 0. The number of sulfone groups is 1. The van der Waals surface area contributed by atoms with Gasteiger partial charge in [-0.1, -0.05) is 29.8 Å². The molecule has 0 heterocycles. The Balaban J connectivity index is 2.71. The Hall–Kier alpha value is -1.92. The number of hydrogen-bond acceptors (Lipinski definition) is 4. The number of nitro benzene ring substituents is 1. The molecule has 0 atom stereocenters. The Labute approximate surface area is 114 Å². The van der Waals surface area contributed by atoms with Crippen molar-refractivity contribution in [3.63, 3.8) is 0 Å². The van der Waals surface area contributed by atoms with E-state index in [-0.39, 0.29) is 9.92 Å². The number of benzene rings is 2. The molecular weight excluding hydrogens is 290 g/mol. The summed E-state index contributed by atoms with van der Waals surface area (Å²) in [5.41, 5.74) is -0.492. The summed E-state index contributed by atoms with van der Waals surface area (Å²) in [5, 5.41) is 11.0. The molecule has 0 bridgehead atoms. The topological polar surface area (TPSA) is 77.3 Å². The fourth-order valence-electron chi connectivity index (χ4n) is 1.58. The Kier molecular flexibility index (Phi) is 3.55. The van der Waals surface area contributed by atoms with Gasteiger partial charge in [-0.15, -0.1) is 0 Å². The Morgan fingerprint density at radius 2 is 1.68 bits per heavy atom. The van der Waals surface area contributed by atoms with Crippen molar-refractivity contribution in [1.82, 2.24) is 0 Å². The van der Waals surface area contributed by atoms with Gasteiger partial charge in [-0.3, -0.25) is 10.1 Å². The lowest BCUT2D eigenvalue weighted by Crippen LogP contribution is -2.05. The molecule has 2 aromatic rings. The third-order valence-electron chi connectivity index (χ3n) is 2.46. The van der Waals surface area contributed by atoms with Crippen molar-refractivity contribution >= 4 is 27.1 Å². The number of nitro groups is 1. The van der Waals surface area contributed by atoms with Crippen LogP contribution in [0.4, 0.5) is 5.69 Å². The van der Waals surface area contributed by atoms with Gasteiger partial charge in [0, 0.05) is 11.1 Å². The molecular formula is C12H8ClNO4S. The van der Waals surface area contributed by atoms with E-state index in [9.17, 15) is 18.5 Å². The van der Waals surface area contributed by atoms with Crippen LogP contribution in [0.1, 0.15) is 0 Å². The number of hydrogen-bond donors (Lipinski definition) is 0. The first kappa shape index (κ1) is 13.5. The first-order valence-corrected chi connectivity index (χ1v) is 7.03. The van der Waals surface area contributed by atoms with Gasteiger partial charge in [0.05, 0.1) is 9.82 Å². The zero-order chi connectivity index (χ0) is 14.0. The number of nitrogens with zero attached hydrogens (tertiary/aromatic N) is 1. The van der Waals surface area contributed by atoms with Crippen molar-refractivity contribution in [2.24, 2.45) is 0 Å². The molecule has 0 spiro atoms. The molecule has 0 radical (unpaired) electrons. The molecule has 0 saturated carbocycles. The fourth-order valence-corrected chi connectivity index (χ4v) is 3.29. The largest absolute Gasteiger partial charge is 0.288 e. The third kappa shape index (κ3) is 2.59. The van der Waals surface area contributed by atoms with Crippen LogP contribution in [-0.4, -0.2) is 13.3 Å². The summed E-state index contributed by atoms with van der Waals surface area (Å²) in [5.74, 6) is 0. The summed E-state index contributed by atoms with van der Waals surface area (Å²) in [7, 11) is -3.96. The zero-order valence-corrected chi connectivity index (χ0v) is 11.1. The second-order valence-corrected chi connectivity index (χ2v) is 6.04. The number of rotatable bonds is 3. The fraction of sp³-hybridized carbons (Fsp3) is 0. The van der Waals surface area contributed by atoms with Crippen molar-refractivity contribution in [2.45, 2.75) is 9.79 Å². The van der Waals surface area contributed by atoms with Crippen LogP contribution in [-0.2, 0) is 9.84 Å². The predicted octanol–water partition coefficient (Wildman–Crippen LogP) is 3.08. The standard InChI is InChI=1S/C12H8ClNO4S/c13-9-6-7-11(14(15)16)12(8-9)19(17,18)10-4-2-1-3-5-10/h1-8H. The van der Waals surface area contributed by atoms with E-state index in [2.05, 4.69) is 0 Å². The molecule has 0 N–H and O–H groups in total. The van der Waals surface area contributed by atoms with Gasteiger partial charge >= 0.3 is 0 Å². The van der Waals surface area contributed by atoms with Crippen molar-refractivity contribution in [2.75, 3.05) is 0 Å². The molecule has 0 fully saturated rings. The monoisotopic (exact) mass is 297 g/mol. The highest BCUT2D eigenvalue weighted by Gasteiger charge is 2.27. The highest BCUT2D eigenvalue weighted by molar-refractivity contribution is 7.91. The maximum absolute atomic E-state index is 12.3. The molecule has 2 rings (SSSR count). The van der Waals surface area contributed by atoms with Crippen LogP contribution in [0.5, 0.6) is 0 Å². The highest BCUT2D eigenvalue weighted by Crippen LogP contribution is 2.31. The summed E-state index contributed by atoms with van der Waals surface area (Å²) in [6, 6.07) is 10.9. The summed E-state index contributed by atoms with van der Waals surface area (Å²) < 4.78 is 24.7. The summed E-state index contributed by atoms with van der Waals surface area (Å²) >= 11 is 5.73. The van der Waals surface area contributed by atoms with Crippen molar-refractivity contribution in [3.8, 4) is 0 Å². The van der Waals surface area contributed by atoms with Crippen LogP contribution in [0.15, 0.2) is 58.3 Å². The van der Waals surface area contributed by atoms with E-state index in [1.165, 1.54) is 18.2 Å². The first-order valence-electron chi connectivity index (χ1n) is 5.17. The molecule has 0 aliphatic rings. The van der Waals surface area contributed by atoms with Gasteiger partial charge in [-0.2, -0.15) is 0 Å². The number of halogens is 1. The van der Waals surface area contributed by atoms with Crippen LogP contribution in [0, 0.1) is 10.1 Å². The van der Waals surface area contributed by atoms with E-state index >= 15 is 0 Å². The van der Waals surface area contributed by atoms with E-state index in [0.29, 0.717) is 0 Å². The quantitative estimate of drug-likeness (QED) is 0.644. The van der Waals surface area contributed by atoms with Crippen molar-refractivity contribution in [1.29, 1.82) is 0 Å². The molecule has 0 aliphatic heterocycles. The SMILES string of the molecule is O=[N+]([O-])c1ccc(Cl)cc1S(=O)(=O)c1ccccc1. The molecule has 0 saturated heterocycles. The zero-order valence-electron chi connectivity index (χ0n) is 9.49. The minimum atomic E-state index is -3.96. The predicted molar refractivity (Wildman–Crippen MR) is 70.0 cm³/mol. The molecule has 5 nitrogen and oxygen atoms in total. The lowest BCUT2D eigenvalue weighted by Gasteiger charge is -2.05. The first-order chi connectivity index (χ1) is 8.93. The van der Waals surface area contributed by atoms with Gasteiger partial charge in [0.1, 0.15) is 0 Å². The third-order valence-corrected chi connectivity index (χ3v) is 4.50. The Morgan fingerprint density at radius 3 is 2.26 bits per heavy atom. The van der Waals surface area contributed by atoms with Crippen molar-refractivity contribution < 1.29 is 13.3 Å². The van der Waals surface area contributed by atoms with Gasteiger partial charge in [0.2, 0.25) is 9.84 Å². The average molecular weight is 298 g/mol. The van der Waals surface area contributed by atoms with Crippen LogP contribution in [0.2, 0.25) is 5.02 Å². The minimum Gasteiger partial charge on any atom is -0.258 e. The maximum Gasteiger partial charge on any atom is 0.288 e. The van der Waals surface area contributed by atoms with Gasteiger partial charge < -0.3 is 0 Å². The molecule has 19 heavy (non-hydrogen) atoms. The second-order valence-electron chi connectivity index (χ2n) is 3.69. The average Bonchev–Trinajstić information content (AvgIpc) is 2.39. The smallest absolute Gasteiger partial charge is 0.258 e. The van der Waals surface area contributed by atoms with Gasteiger partial charge in [-0.25, -0.2) is 8.42 Å². The Morgan fingerprint density at radius 1 is 1.05 bits per heavy atom. The van der Waals surface area contributed by atoms with E-state index in [0.717, 1.165) is 12.1 Å². The van der Waals surface area contributed by atoms with Crippen LogP contribution < -0.4 is 0 Å². The summed E-state index contributed by atoms with van der Waals surface area (Å²) in [4.78, 5) is 9.75.